The highest BCUT2D eigenvalue weighted by Gasteiger charge is 2.48. The lowest BCUT2D eigenvalue weighted by Crippen LogP contribution is -2.32. The van der Waals surface area contributed by atoms with Crippen LogP contribution in [-0.2, 0) is 4.79 Å². The highest BCUT2D eigenvalue weighted by molar-refractivity contribution is 7.12. The van der Waals surface area contributed by atoms with Crippen molar-refractivity contribution in [2.75, 3.05) is 6.54 Å². The van der Waals surface area contributed by atoms with Gasteiger partial charge in [-0.2, -0.15) is 4.98 Å². The van der Waals surface area contributed by atoms with Gasteiger partial charge < -0.3 is 9.42 Å². The van der Waals surface area contributed by atoms with E-state index >= 15 is 0 Å². The van der Waals surface area contributed by atoms with Crippen molar-refractivity contribution in [2.24, 2.45) is 5.92 Å². The molecule has 0 N–H and O–H groups in total. The molecule has 1 aliphatic heterocycles. The summed E-state index contributed by atoms with van der Waals surface area (Å²) in [6.07, 6.45) is 2.92. The number of carbonyl (C=O) groups is 1. The van der Waals surface area contributed by atoms with Gasteiger partial charge in [-0.1, -0.05) is 5.16 Å². The molecule has 0 bridgehead atoms. The van der Waals surface area contributed by atoms with Crippen molar-refractivity contribution in [3.05, 3.63) is 33.6 Å². The highest BCUT2D eigenvalue weighted by Crippen LogP contribution is 2.51. The van der Waals surface area contributed by atoms with Gasteiger partial charge in [-0.05, 0) is 38.3 Å². The average molecular weight is 317 g/mol. The molecule has 0 aromatic carbocycles. The SMILES string of the molecule is Cc1nc([C@@H]2CCCN2C(=O)[C@H]2C[C@@H]2c2ccc(C)s2)no1. The predicted octanol–water partition coefficient (Wildman–Crippen LogP) is 3.22. The van der Waals surface area contributed by atoms with Crippen LogP contribution in [-0.4, -0.2) is 27.5 Å². The largest absolute Gasteiger partial charge is 0.340 e. The minimum Gasteiger partial charge on any atom is -0.340 e. The van der Waals surface area contributed by atoms with Crippen LogP contribution in [0.2, 0.25) is 0 Å². The molecular weight excluding hydrogens is 298 g/mol. The number of hydrogen-bond donors (Lipinski definition) is 0. The first-order valence-electron chi connectivity index (χ1n) is 7.80. The van der Waals surface area contributed by atoms with E-state index in [2.05, 4.69) is 29.2 Å². The number of amides is 1. The van der Waals surface area contributed by atoms with Gasteiger partial charge in [-0.25, -0.2) is 0 Å². The molecule has 3 heterocycles. The summed E-state index contributed by atoms with van der Waals surface area (Å²) in [6.45, 7) is 4.71. The van der Waals surface area contributed by atoms with Gasteiger partial charge >= 0.3 is 0 Å². The lowest BCUT2D eigenvalue weighted by Gasteiger charge is -2.22. The molecule has 0 unspecified atom stereocenters. The second-order valence-electron chi connectivity index (χ2n) is 6.26. The van der Waals surface area contributed by atoms with Crippen LogP contribution < -0.4 is 0 Å². The van der Waals surface area contributed by atoms with E-state index in [0.717, 1.165) is 25.8 Å². The van der Waals surface area contributed by atoms with Crippen LogP contribution in [0.4, 0.5) is 0 Å². The van der Waals surface area contributed by atoms with Gasteiger partial charge in [0.2, 0.25) is 11.8 Å². The maximum Gasteiger partial charge on any atom is 0.226 e. The van der Waals surface area contributed by atoms with Crippen molar-refractivity contribution in [1.82, 2.24) is 15.0 Å². The molecule has 1 amide bonds. The summed E-state index contributed by atoms with van der Waals surface area (Å²) >= 11 is 1.81. The smallest absolute Gasteiger partial charge is 0.226 e. The van der Waals surface area contributed by atoms with Gasteiger partial charge in [0.05, 0.1) is 6.04 Å². The molecule has 22 heavy (non-hydrogen) atoms. The molecule has 6 heteroatoms. The number of rotatable bonds is 3. The minimum atomic E-state index is -0.00345. The fourth-order valence-electron chi connectivity index (χ4n) is 3.40. The fraction of sp³-hybridized carbons (Fsp3) is 0.562. The maximum atomic E-state index is 12.8. The number of aromatic nitrogens is 2. The van der Waals surface area contributed by atoms with E-state index in [0.29, 0.717) is 17.6 Å². The Balaban J connectivity index is 1.48. The Labute approximate surface area is 133 Å². The summed E-state index contributed by atoms with van der Waals surface area (Å²) < 4.78 is 5.08. The zero-order valence-corrected chi connectivity index (χ0v) is 13.6. The Morgan fingerprint density at radius 2 is 2.27 bits per heavy atom. The highest BCUT2D eigenvalue weighted by atomic mass is 32.1. The monoisotopic (exact) mass is 317 g/mol. The summed E-state index contributed by atoms with van der Waals surface area (Å²) in [5.74, 6) is 2.05. The van der Waals surface area contributed by atoms with Gasteiger partial charge in [0, 0.05) is 35.1 Å². The van der Waals surface area contributed by atoms with Gasteiger partial charge in [0.25, 0.3) is 0 Å². The molecule has 2 fully saturated rings. The third kappa shape index (κ3) is 2.35. The lowest BCUT2D eigenvalue weighted by molar-refractivity contribution is -0.133. The predicted molar refractivity (Wildman–Crippen MR) is 82.6 cm³/mol. The summed E-state index contributed by atoms with van der Waals surface area (Å²) in [5.41, 5.74) is 0. The van der Waals surface area contributed by atoms with E-state index in [9.17, 15) is 4.79 Å². The average Bonchev–Trinajstić information content (AvgIpc) is 2.85. The lowest BCUT2D eigenvalue weighted by atomic mass is 10.2. The Morgan fingerprint density at radius 1 is 1.41 bits per heavy atom. The first-order valence-corrected chi connectivity index (χ1v) is 8.62. The summed E-state index contributed by atoms with van der Waals surface area (Å²) in [5, 5.41) is 4.01. The van der Waals surface area contributed by atoms with E-state index in [4.69, 9.17) is 4.52 Å². The molecule has 1 saturated carbocycles. The zero-order chi connectivity index (χ0) is 15.3. The fourth-order valence-corrected chi connectivity index (χ4v) is 4.45. The van der Waals surface area contributed by atoms with E-state index in [1.807, 2.05) is 16.2 Å². The van der Waals surface area contributed by atoms with Gasteiger partial charge in [0.15, 0.2) is 5.82 Å². The van der Waals surface area contributed by atoms with Crippen molar-refractivity contribution >= 4 is 17.2 Å². The van der Waals surface area contributed by atoms with Crippen molar-refractivity contribution in [3.63, 3.8) is 0 Å². The topological polar surface area (TPSA) is 59.2 Å². The van der Waals surface area contributed by atoms with E-state index in [-0.39, 0.29) is 17.9 Å². The molecule has 5 nitrogen and oxygen atoms in total. The van der Waals surface area contributed by atoms with Crippen LogP contribution >= 0.6 is 11.3 Å². The molecule has 4 rings (SSSR count). The molecule has 0 radical (unpaired) electrons. The molecule has 0 spiro atoms. The molecule has 2 aromatic heterocycles. The summed E-state index contributed by atoms with van der Waals surface area (Å²) in [6, 6.07) is 4.30. The maximum absolute atomic E-state index is 12.8. The van der Waals surface area contributed by atoms with Crippen molar-refractivity contribution in [1.29, 1.82) is 0 Å². The zero-order valence-electron chi connectivity index (χ0n) is 12.8. The molecular formula is C16H19N3O2S. The standard InChI is InChI=1S/C16H19N3O2S/c1-9-5-6-14(22-9)11-8-12(11)16(20)19-7-3-4-13(19)15-17-10(2)21-18-15/h5-6,11-13H,3-4,7-8H2,1-2H3/t11-,12-,13-/m0/s1. The van der Waals surface area contributed by atoms with E-state index < -0.39 is 0 Å². The van der Waals surface area contributed by atoms with Crippen LogP contribution in [0, 0.1) is 19.8 Å². The Morgan fingerprint density at radius 3 is 2.95 bits per heavy atom. The van der Waals surface area contributed by atoms with Crippen LogP contribution in [0.3, 0.4) is 0 Å². The molecule has 116 valence electrons. The van der Waals surface area contributed by atoms with Crippen molar-refractivity contribution in [2.45, 2.75) is 45.1 Å². The van der Waals surface area contributed by atoms with Gasteiger partial charge in [0.1, 0.15) is 0 Å². The number of likely N-dealkylation sites (tertiary alicyclic amines) is 1. The van der Waals surface area contributed by atoms with Crippen molar-refractivity contribution < 1.29 is 9.32 Å². The molecule has 1 aliphatic carbocycles. The molecule has 3 atom stereocenters. The van der Waals surface area contributed by atoms with Crippen molar-refractivity contribution in [3.8, 4) is 0 Å². The van der Waals surface area contributed by atoms with Crippen LogP contribution in [0.15, 0.2) is 16.7 Å². The van der Waals surface area contributed by atoms with E-state index in [1.54, 1.807) is 6.92 Å². The quantitative estimate of drug-likeness (QED) is 0.872. The third-order valence-corrected chi connectivity index (χ3v) is 5.74. The molecule has 2 aromatic rings. The van der Waals surface area contributed by atoms with Crippen LogP contribution in [0.5, 0.6) is 0 Å². The van der Waals surface area contributed by atoms with Crippen LogP contribution in [0.1, 0.15) is 52.7 Å². The second kappa shape index (κ2) is 5.19. The Bertz CT molecular complexity index is 708. The first kappa shape index (κ1) is 13.9. The van der Waals surface area contributed by atoms with Gasteiger partial charge in [-0.3, -0.25) is 4.79 Å². The second-order valence-corrected chi connectivity index (χ2v) is 7.58. The summed E-state index contributed by atoms with van der Waals surface area (Å²) in [7, 11) is 0. The van der Waals surface area contributed by atoms with E-state index in [1.165, 1.54) is 9.75 Å². The normalized spacial score (nSPS) is 27.4. The Hall–Kier alpha value is -1.69. The van der Waals surface area contributed by atoms with Crippen LogP contribution in [0.25, 0.3) is 0 Å². The van der Waals surface area contributed by atoms with Gasteiger partial charge in [-0.15, -0.1) is 11.3 Å². The summed E-state index contributed by atoms with van der Waals surface area (Å²) in [4.78, 5) is 21.8. The number of nitrogens with zero attached hydrogens (tertiary/aromatic N) is 3. The molecule has 1 saturated heterocycles. The number of carbonyl (C=O) groups excluding carboxylic acids is 1. The number of thiophene rings is 1. The Kier molecular flexibility index (Phi) is 3.29. The molecule has 2 aliphatic rings. The number of aryl methyl sites for hydroxylation is 2. The first-order chi connectivity index (χ1) is 10.6. The third-order valence-electron chi connectivity index (χ3n) is 4.61. The number of hydrogen-bond acceptors (Lipinski definition) is 5. The minimum absolute atomic E-state index is 0.00345.